The average Bonchev–Trinajstić information content (AvgIpc) is 2.38. The Morgan fingerprint density at radius 2 is 1.89 bits per heavy atom. The lowest BCUT2D eigenvalue weighted by atomic mass is 10.0. The van der Waals surface area contributed by atoms with Gasteiger partial charge in [-0.15, -0.1) is 0 Å². The van der Waals surface area contributed by atoms with E-state index in [1.807, 2.05) is 0 Å². The maximum absolute atomic E-state index is 5.99. The van der Waals surface area contributed by atoms with Crippen molar-refractivity contribution in [3.8, 4) is 0 Å². The molecule has 2 rings (SSSR count). The number of anilines is 1. The van der Waals surface area contributed by atoms with Gasteiger partial charge in [-0.1, -0.05) is 24.6 Å². The minimum Gasteiger partial charge on any atom is -0.369 e. The molecule has 1 aliphatic heterocycles. The van der Waals surface area contributed by atoms with Gasteiger partial charge in [-0.3, -0.25) is 0 Å². The van der Waals surface area contributed by atoms with Gasteiger partial charge in [0, 0.05) is 37.9 Å². The number of nitrogens with zero attached hydrogens (tertiary/aromatic N) is 2. The van der Waals surface area contributed by atoms with Gasteiger partial charge < -0.3 is 15.5 Å². The van der Waals surface area contributed by atoms with Crippen molar-refractivity contribution in [2.45, 2.75) is 33.2 Å². The predicted octanol–water partition coefficient (Wildman–Crippen LogP) is 2.03. The Labute approximate surface area is 117 Å². The van der Waals surface area contributed by atoms with Crippen molar-refractivity contribution in [3.63, 3.8) is 0 Å². The SMILES string of the molecule is CCN1CCN(c2ccc(C)cc2CC(C)N)CC1. The zero-order valence-corrected chi connectivity index (χ0v) is 12.5. The van der Waals surface area contributed by atoms with Crippen LogP contribution in [0.25, 0.3) is 0 Å². The van der Waals surface area contributed by atoms with Crippen LogP contribution in [-0.4, -0.2) is 43.7 Å². The summed E-state index contributed by atoms with van der Waals surface area (Å²) in [5.74, 6) is 0. The fourth-order valence-corrected chi connectivity index (χ4v) is 2.84. The summed E-state index contributed by atoms with van der Waals surface area (Å²) < 4.78 is 0. The number of hydrogen-bond acceptors (Lipinski definition) is 3. The van der Waals surface area contributed by atoms with Crippen LogP contribution >= 0.6 is 0 Å². The second-order valence-electron chi connectivity index (χ2n) is 5.73. The highest BCUT2D eigenvalue weighted by Gasteiger charge is 2.18. The molecule has 1 fully saturated rings. The van der Waals surface area contributed by atoms with Crippen LogP contribution in [0.1, 0.15) is 25.0 Å². The lowest BCUT2D eigenvalue weighted by molar-refractivity contribution is 0.271. The summed E-state index contributed by atoms with van der Waals surface area (Å²) in [6, 6.07) is 7.00. The van der Waals surface area contributed by atoms with Crippen LogP contribution < -0.4 is 10.6 Å². The maximum atomic E-state index is 5.99. The summed E-state index contributed by atoms with van der Waals surface area (Å²) in [5, 5.41) is 0. The molecule has 0 aromatic heterocycles. The standard InChI is InChI=1S/C16H27N3/c1-4-18-7-9-19(10-8-18)16-6-5-13(2)11-15(16)12-14(3)17/h5-6,11,14H,4,7-10,12,17H2,1-3H3. The normalized spacial score (nSPS) is 18.6. The molecular weight excluding hydrogens is 234 g/mol. The fraction of sp³-hybridized carbons (Fsp3) is 0.625. The summed E-state index contributed by atoms with van der Waals surface area (Å²) in [4.78, 5) is 5.03. The Morgan fingerprint density at radius 3 is 2.47 bits per heavy atom. The molecule has 1 aromatic rings. The Morgan fingerprint density at radius 1 is 1.21 bits per heavy atom. The van der Waals surface area contributed by atoms with Crippen molar-refractivity contribution in [1.82, 2.24) is 4.90 Å². The van der Waals surface area contributed by atoms with Gasteiger partial charge in [0.1, 0.15) is 0 Å². The van der Waals surface area contributed by atoms with Gasteiger partial charge in [-0.2, -0.15) is 0 Å². The van der Waals surface area contributed by atoms with Crippen LogP contribution in [0.3, 0.4) is 0 Å². The molecule has 0 spiro atoms. The first kappa shape index (κ1) is 14.4. The molecule has 1 heterocycles. The molecule has 3 heteroatoms. The number of rotatable bonds is 4. The van der Waals surface area contributed by atoms with Gasteiger partial charge in [0.05, 0.1) is 0 Å². The number of aryl methyl sites for hydroxylation is 1. The summed E-state index contributed by atoms with van der Waals surface area (Å²) in [6.45, 7) is 12.2. The molecule has 0 amide bonds. The third-order valence-electron chi connectivity index (χ3n) is 3.94. The van der Waals surface area contributed by atoms with Crippen molar-refractivity contribution >= 4 is 5.69 Å². The molecule has 1 aliphatic rings. The van der Waals surface area contributed by atoms with E-state index in [1.165, 1.54) is 29.9 Å². The third kappa shape index (κ3) is 3.71. The third-order valence-corrected chi connectivity index (χ3v) is 3.94. The van der Waals surface area contributed by atoms with Gasteiger partial charge in [0.25, 0.3) is 0 Å². The van der Waals surface area contributed by atoms with E-state index in [1.54, 1.807) is 0 Å². The molecule has 2 N–H and O–H groups in total. The van der Waals surface area contributed by atoms with E-state index in [0.29, 0.717) is 0 Å². The minimum absolute atomic E-state index is 0.220. The van der Waals surface area contributed by atoms with Gasteiger partial charge in [-0.05, 0) is 38.4 Å². The van der Waals surface area contributed by atoms with E-state index < -0.39 is 0 Å². The Kier molecular flexibility index (Phi) is 4.83. The maximum Gasteiger partial charge on any atom is 0.0400 e. The fourth-order valence-electron chi connectivity index (χ4n) is 2.84. The first-order chi connectivity index (χ1) is 9.10. The number of nitrogens with two attached hydrogens (primary N) is 1. The van der Waals surface area contributed by atoms with Crippen LogP contribution in [-0.2, 0) is 6.42 Å². The lowest BCUT2D eigenvalue weighted by Gasteiger charge is -2.36. The van der Waals surface area contributed by atoms with E-state index in [0.717, 1.165) is 26.1 Å². The summed E-state index contributed by atoms with van der Waals surface area (Å²) in [5.41, 5.74) is 10.1. The first-order valence-corrected chi connectivity index (χ1v) is 7.42. The van der Waals surface area contributed by atoms with Crippen molar-refractivity contribution in [2.75, 3.05) is 37.6 Å². The van der Waals surface area contributed by atoms with Gasteiger partial charge in [0.15, 0.2) is 0 Å². The molecule has 1 aromatic carbocycles. The first-order valence-electron chi connectivity index (χ1n) is 7.42. The van der Waals surface area contributed by atoms with Crippen molar-refractivity contribution in [1.29, 1.82) is 0 Å². The Bertz CT molecular complexity index is 406. The Hall–Kier alpha value is -1.06. The summed E-state index contributed by atoms with van der Waals surface area (Å²) in [7, 11) is 0. The smallest absolute Gasteiger partial charge is 0.0400 e. The minimum atomic E-state index is 0.220. The summed E-state index contributed by atoms with van der Waals surface area (Å²) in [6.07, 6.45) is 0.963. The van der Waals surface area contributed by atoms with E-state index in [2.05, 4.69) is 48.8 Å². The summed E-state index contributed by atoms with van der Waals surface area (Å²) >= 11 is 0. The van der Waals surface area contributed by atoms with Crippen LogP contribution in [0.5, 0.6) is 0 Å². The topological polar surface area (TPSA) is 32.5 Å². The van der Waals surface area contributed by atoms with Gasteiger partial charge in [-0.25, -0.2) is 0 Å². The molecule has 1 unspecified atom stereocenters. The lowest BCUT2D eigenvalue weighted by Crippen LogP contribution is -2.46. The van der Waals surface area contributed by atoms with Crippen LogP contribution in [0.2, 0.25) is 0 Å². The molecule has 3 nitrogen and oxygen atoms in total. The molecule has 0 radical (unpaired) electrons. The quantitative estimate of drug-likeness (QED) is 0.900. The molecule has 1 saturated heterocycles. The van der Waals surface area contributed by atoms with Crippen molar-refractivity contribution in [2.24, 2.45) is 5.73 Å². The van der Waals surface area contributed by atoms with Crippen molar-refractivity contribution in [3.05, 3.63) is 29.3 Å². The second-order valence-corrected chi connectivity index (χ2v) is 5.73. The molecule has 1 atom stereocenters. The molecular formula is C16H27N3. The monoisotopic (exact) mass is 261 g/mol. The van der Waals surface area contributed by atoms with Crippen molar-refractivity contribution < 1.29 is 0 Å². The predicted molar refractivity (Wildman–Crippen MR) is 82.9 cm³/mol. The van der Waals surface area contributed by atoms with E-state index in [9.17, 15) is 0 Å². The highest BCUT2D eigenvalue weighted by atomic mass is 15.3. The number of likely N-dealkylation sites (N-methyl/N-ethyl adjacent to an activating group) is 1. The average molecular weight is 261 g/mol. The molecule has 0 aliphatic carbocycles. The van der Waals surface area contributed by atoms with Gasteiger partial charge >= 0.3 is 0 Å². The number of hydrogen-bond donors (Lipinski definition) is 1. The molecule has 0 saturated carbocycles. The highest BCUT2D eigenvalue weighted by molar-refractivity contribution is 5.55. The van der Waals surface area contributed by atoms with Crippen LogP contribution in [0, 0.1) is 6.92 Å². The zero-order chi connectivity index (χ0) is 13.8. The zero-order valence-electron chi connectivity index (χ0n) is 12.5. The van der Waals surface area contributed by atoms with Crippen LogP contribution in [0.15, 0.2) is 18.2 Å². The number of piperazine rings is 1. The molecule has 19 heavy (non-hydrogen) atoms. The highest BCUT2D eigenvalue weighted by Crippen LogP contribution is 2.24. The Balaban J connectivity index is 2.15. The van der Waals surface area contributed by atoms with Crippen LogP contribution in [0.4, 0.5) is 5.69 Å². The van der Waals surface area contributed by atoms with Gasteiger partial charge in [0.2, 0.25) is 0 Å². The van der Waals surface area contributed by atoms with E-state index >= 15 is 0 Å². The molecule has 0 bridgehead atoms. The van der Waals surface area contributed by atoms with E-state index in [-0.39, 0.29) is 6.04 Å². The molecule has 106 valence electrons. The van der Waals surface area contributed by atoms with E-state index in [4.69, 9.17) is 5.73 Å². The number of benzene rings is 1. The largest absolute Gasteiger partial charge is 0.369 e. The second kappa shape index (κ2) is 6.40.